The lowest BCUT2D eigenvalue weighted by atomic mass is 10.2. The number of anilines is 1. The smallest absolute Gasteiger partial charge is 0.260 e. The van der Waals surface area contributed by atoms with Crippen LogP contribution in [-0.2, 0) is 0 Å². The van der Waals surface area contributed by atoms with Crippen LogP contribution in [-0.4, -0.2) is 47.0 Å². The first kappa shape index (κ1) is 19.9. The van der Waals surface area contributed by atoms with Crippen LogP contribution in [0.3, 0.4) is 0 Å². The molecular formula is C22H24N4OS2. The van der Waals surface area contributed by atoms with Crippen molar-refractivity contribution in [2.45, 2.75) is 20.8 Å². The van der Waals surface area contributed by atoms with Crippen LogP contribution in [0.15, 0.2) is 41.9 Å². The van der Waals surface area contributed by atoms with Gasteiger partial charge in [0.25, 0.3) is 5.91 Å². The highest BCUT2D eigenvalue weighted by Gasteiger charge is 2.22. The van der Waals surface area contributed by atoms with Crippen LogP contribution in [0.5, 0.6) is 0 Å². The largest absolute Gasteiger partial charge is 0.302 e. The van der Waals surface area contributed by atoms with Gasteiger partial charge in [0, 0.05) is 18.7 Å². The summed E-state index contributed by atoms with van der Waals surface area (Å²) in [4.78, 5) is 26.8. The lowest BCUT2D eigenvalue weighted by Gasteiger charge is -2.24. The molecule has 0 N–H and O–H groups in total. The highest BCUT2D eigenvalue weighted by atomic mass is 32.1. The molecule has 0 atom stereocenters. The number of amides is 1. The van der Waals surface area contributed by atoms with Crippen molar-refractivity contribution in [3.05, 3.63) is 53.0 Å². The molecule has 0 fully saturated rings. The third-order valence-corrected chi connectivity index (χ3v) is 6.95. The first-order chi connectivity index (χ1) is 14.1. The number of benzene rings is 2. The second-order valence-corrected chi connectivity index (χ2v) is 8.88. The highest BCUT2D eigenvalue weighted by Crippen LogP contribution is 2.31. The fourth-order valence-corrected chi connectivity index (χ4v) is 5.15. The molecule has 29 heavy (non-hydrogen) atoms. The van der Waals surface area contributed by atoms with Gasteiger partial charge in [0.05, 0.1) is 25.9 Å². The van der Waals surface area contributed by atoms with E-state index >= 15 is 0 Å². The van der Waals surface area contributed by atoms with Gasteiger partial charge in [-0.3, -0.25) is 9.69 Å². The fourth-order valence-electron chi connectivity index (χ4n) is 3.34. The molecule has 2 aromatic carbocycles. The van der Waals surface area contributed by atoms with Gasteiger partial charge < -0.3 is 4.90 Å². The van der Waals surface area contributed by atoms with Gasteiger partial charge in [-0.05, 0) is 55.9 Å². The Morgan fingerprint density at radius 1 is 1.00 bits per heavy atom. The van der Waals surface area contributed by atoms with Gasteiger partial charge in [0.15, 0.2) is 5.13 Å². The van der Waals surface area contributed by atoms with E-state index in [9.17, 15) is 4.79 Å². The number of thiazole rings is 2. The van der Waals surface area contributed by atoms with Gasteiger partial charge >= 0.3 is 0 Å². The average Bonchev–Trinajstić information content (AvgIpc) is 3.36. The number of hydrogen-bond acceptors (Lipinski definition) is 6. The Hall–Kier alpha value is -2.35. The molecule has 5 nitrogen and oxygen atoms in total. The zero-order valence-corrected chi connectivity index (χ0v) is 18.5. The van der Waals surface area contributed by atoms with Crippen LogP contribution >= 0.6 is 22.7 Å². The van der Waals surface area contributed by atoms with Gasteiger partial charge in [-0.15, -0.1) is 11.3 Å². The second kappa shape index (κ2) is 8.57. The fraction of sp³-hybridized carbons (Fsp3) is 0.318. The first-order valence-corrected chi connectivity index (χ1v) is 11.5. The van der Waals surface area contributed by atoms with E-state index < -0.39 is 0 Å². The van der Waals surface area contributed by atoms with Gasteiger partial charge in [0.2, 0.25) is 0 Å². The predicted molar refractivity (Wildman–Crippen MR) is 123 cm³/mol. The molecule has 4 rings (SSSR count). The zero-order valence-electron chi connectivity index (χ0n) is 16.9. The van der Waals surface area contributed by atoms with E-state index in [-0.39, 0.29) is 5.91 Å². The maximum Gasteiger partial charge on any atom is 0.260 e. The topological polar surface area (TPSA) is 49.3 Å². The summed E-state index contributed by atoms with van der Waals surface area (Å²) in [6.07, 6.45) is 0. The monoisotopic (exact) mass is 424 g/mol. The minimum Gasteiger partial charge on any atom is -0.302 e. The van der Waals surface area contributed by atoms with Crippen molar-refractivity contribution in [1.29, 1.82) is 0 Å². The van der Waals surface area contributed by atoms with Gasteiger partial charge in [-0.1, -0.05) is 31.3 Å². The number of hydrogen-bond donors (Lipinski definition) is 0. The van der Waals surface area contributed by atoms with Crippen LogP contribution < -0.4 is 4.90 Å². The van der Waals surface area contributed by atoms with Gasteiger partial charge in [0.1, 0.15) is 0 Å². The molecule has 0 radical (unpaired) electrons. The SMILES string of the molecule is CCN(CC)CCN(C(=O)c1ccc2ncsc2c1)c1nc2ccc(C)cc2s1. The number of nitrogens with zero attached hydrogens (tertiary/aromatic N) is 4. The number of fused-ring (bicyclic) bond motifs is 2. The second-order valence-electron chi connectivity index (χ2n) is 6.99. The number of aryl methyl sites for hydroxylation is 1. The number of rotatable bonds is 7. The molecule has 0 aliphatic carbocycles. The van der Waals surface area contributed by atoms with Crippen LogP contribution in [0.1, 0.15) is 29.8 Å². The Morgan fingerprint density at radius 2 is 1.79 bits per heavy atom. The van der Waals surface area contributed by atoms with Gasteiger partial charge in [-0.2, -0.15) is 0 Å². The molecule has 0 saturated heterocycles. The maximum atomic E-state index is 13.5. The van der Waals surface area contributed by atoms with E-state index in [2.05, 4.69) is 42.8 Å². The summed E-state index contributed by atoms with van der Waals surface area (Å²) < 4.78 is 2.14. The lowest BCUT2D eigenvalue weighted by molar-refractivity contribution is 0.0984. The summed E-state index contributed by atoms with van der Waals surface area (Å²) >= 11 is 3.13. The molecule has 0 aliphatic rings. The van der Waals surface area contributed by atoms with E-state index in [0.29, 0.717) is 12.1 Å². The highest BCUT2D eigenvalue weighted by molar-refractivity contribution is 7.22. The lowest BCUT2D eigenvalue weighted by Crippen LogP contribution is -2.38. The summed E-state index contributed by atoms with van der Waals surface area (Å²) in [5.41, 5.74) is 5.55. The molecule has 0 bridgehead atoms. The summed E-state index contributed by atoms with van der Waals surface area (Å²) in [7, 11) is 0. The molecular weight excluding hydrogens is 400 g/mol. The summed E-state index contributed by atoms with van der Waals surface area (Å²) in [6, 6.07) is 12.0. The number of carbonyl (C=O) groups is 1. The molecule has 7 heteroatoms. The van der Waals surface area contributed by atoms with Crippen molar-refractivity contribution in [2.24, 2.45) is 0 Å². The molecule has 0 unspecified atom stereocenters. The van der Waals surface area contributed by atoms with Crippen LogP contribution in [0.4, 0.5) is 5.13 Å². The van der Waals surface area contributed by atoms with E-state index in [1.165, 1.54) is 5.56 Å². The summed E-state index contributed by atoms with van der Waals surface area (Å²) in [6.45, 7) is 9.72. The quantitative estimate of drug-likeness (QED) is 0.409. The normalized spacial score (nSPS) is 11.6. The number of aromatic nitrogens is 2. The van der Waals surface area contributed by atoms with Crippen LogP contribution in [0.2, 0.25) is 0 Å². The summed E-state index contributed by atoms with van der Waals surface area (Å²) in [5, 5.41) is 0.757. The van der Waals surface area contributed by atoms with E-state index in [1.807, 2.05) is 34.7 Å². The van der Waals surface area contributed by atoms with Crippen molar-refractivity contribution in [1.82, 2.24) is 14.9 Å². The van der Waals surface area contributed by atoms with Crippen molar-refractivity contribution < 1.29 is 4.79 Å². The predicted octanol–water partition coefficient (Wildman–Crippen LogP) is 5.20. The Labute approximate surface area is 178 Å². The van der Waals surface area contributed by atoms with Crippen molar-refractivity contribution >= 4 is 54.1 Å². The minimum atomic E-state index is -0.0109. The molecule has 2 aromatic heterocycles. The third kappa shape index (κ3) is 4.17. The van der Waals surface area contributed by atoms with Crippen molar-refractivity contribution in [2.75, 3.05) is 31.1 Å². The average molecular weight is 425 g/mol. The van der Waals surface area contributed by atoms with E-state index in [1.54, 1.807) is 22.7 Å². The first-order valence-electron chi connectivity index (χ1n) is 9.83. The third-order valence-electron chi connectivity index (χ3n) is 5.12. The Morgan fingerprint density at radius 3 is 2.59 bits per heavy atom. The van der Waals surface area contributed by atoms with E-state index in [4.69, 9.17) is 4.98 Å². The Bertz CT molecular complexity index is 1150. The summed E-state index contributed by atoms with van der Waals surface area (Å²) in [5.74, 6) is -0.0109. The maximum absolute atomic E-state index is 13.5. The van der Waals surface area contributed by atoms with E-state index in [0.717, 1.165) is 45.2 Å². The van der Waals surface area contributed by atoms with Crippen molar-refractivity contribution in [3.63, 3.8) is 0 Å². The Balaban J connectivity index is 1.70. The zero-order chi connectivity index (χ0) is 20.4. The molecule has 1 amide bonds. The van der Waals surface area contributed by atoms with Crippen LogP contribution in [0.25, 0.3) is 20.4 Å². The minimum absolute atomic E-state index is 0.0109. The van der Waals surface area contributed by atoms with Crippen LogP contribution in [0, 0.1) is 6.92 Å². The van der Waals surface area contributed by atoms with Gasteiger partial charge in [-0.25, -0.2) is 9.97 Å². The number of carbonyl (C=O) groups excluding carboxylic acids is 1. The molecule has 0 saturated carbocycles. The standard InChI is InChI=1S/C22H24N4OS2/c1-4-25(5-2)10-11-26(22-24-18-8-6-15(3)12-20(18)29-22)21(27)16-7-9-17-19(13-16)28-14-23-17/h6-9,12-14H,4-5,10-11H2,1-3H3. The number of likely N-dealkylation sites (N-methyl/N-ethyl adjacent to an activating group) is 1. The Kier molecular flexibility index (Phi) is 5.89. The molecule has 0 aliphatic heterocycles. The molecule has 2 heterocycles. The molecule has 0 spiro atoms. The van der Waals surface area contributed by atoms with Crippen molar-refractivity contribution in [3.8, 4) is 0 Å². The molecule has 4 aromatic rings. The molecule has 150 valence electrons.